The van der Waals surface area contributed by atoms with E-state index in [1.54, 1.807) is 6.07 Å². The lowest BCUT2D eigenvalue weighted by Gasteiger charge is -2.10. The largest absolute Gasteiger partial charge is 0.456 e. The molecule has 1 aromatic heterocycles. The highest BCUT2D eigenvalue weighted by Gasteiger charge is 2.27. The zero-order chi connectivity index (χ0) is 10.1. The van der Waals surface area contributed by atoms with Crippen LogP contribution in [0.1, 0.15) is 35.5 Å². The van der Waals surface area contributed by atoms with Crippen LogP contribution in [0.15, 0.2) is 12.3 Å². The third-order valence-electron chi connectivity index (χ3n) is 2.41. The smallest absolute Gasteiger partial charge is 0.303 e. The number of aryl methyl sites for hydroxylation is 1. The third kappa shape index (κ3) is 1.32. The number of hydrogen-bond acceptors (Lipinski definition) is 3. The predicted molar refractivity (Wildman–Crippen MR) is 48.9 cm³/mol. The Labute approximate surface area is 81.5 Å². The van der Waals surface area contributed by atoms with E-state index in [0.717, 1.165) is 24.9 Å². The number of aldehydes is 1. The van der Waals surface area contributed by atoms with Gasteiger partial charge in [0.25, 0.3) is 0 Å². The Kier molecular flexibility index (Phi) is 2.11. The minimum Gasteiger partial charge on any atom is -0.456 e. The average molecular weight is 193 g/mol. The first-order valence-electron chi connectivity index (χ1n) is 4.54. The molecule has 0 N–H and O–H groups in total. The van der Waals surface area contributed by atoms with E-state index in [4.69, 9.17) is 4.74 Å². The summed E-state index contributed by atoms with van der Waals surface area (Å²) in [6.45, 7) is 2.19. The van der Waals surface area contributed by atoms with Gasteiger partial charge in [0.05, 0.1) is 5.69 Å². The molecule has 2 rings (SSSR count). The highest BCUT2D eigenvalue weighted by molar-refractivity contribution is 5.77. The van der Waals surface area contributed by atoms with E-state index < -0.39 is 0 Å². The van der Waals surface area contributed by atoms with Crippen LogP contribution in [0.3, 0.4) is 0 Å². The molecule has 0 amide bonds. The number of hydrogen-bond donors (Lipinski definition) is 0. The number of carbonyl (C=O) groups is 2. The molecule has 0 fully saturated rings. The number of rotatable bonds is 2. The summed E-state index contributed by atoms with van der Waals surface area (Å²) in [6, 6.07) is 1.75. The zero-order valence-corrected chi connectivity index (χ0v) is 7.90. The topological polar surface area (TPSA) is 48.3 Å². The highest BCUT2D eigenvalue weighted by Crippen LogP contribution is 2.31. The first-order valence-corrected chi connectivity index (χ1v) is 4.54. The molecule has 0 aromatic carbocycles. The molecule has 0 aliphatic carbocycles. The molecule has 1 atom stereocenters. The average Bonchev–Trinajstić information content (AvgIpc) is 2.67. The van der Waals surface area contributed by atoms with E-state index in [0.29, 0.717) is 5.56 Å². The van der Waals surface area contributed by atoms with Gasteiger partial charge in [0.15, 0.2) is 6.29 Å². The van der Waals surface area contributed by atoms with Crippen molar-refractivity contribution in [2.45, 2.75) is 26.0 Å². The lowest BCUT2D eigenvalue weighted by atomic mass is 10.1. The van der Waals surface area contributed by atoms with Crippen molar-refractivity contribution < 1.29 is 14.3 Å². The number of fused-ring (bicyclic) bond motifs is 1. The standard InChI is InChI=1S/C10H11NO3/c1-7(13)14-9-3-5-11-4-2-8(6-12)10(9)11/h2,4,6,9H,3,5H2,1H3/t9-/m1/s1. The van der Waals surface area contributed by atoms with Crippen LogP contribution in [0, 0.1) is 0 Å². The second kappa shape index (κ2) is 3.29. The fraction of sp³-hybridized carbons (Fsp3) is 0.400. The lowest BCUT2D eigenvalue weighted by molar-refractivity contribution is -0.146. The van der Waals surface area contributed by atoms with Crippen molar-refractivity contribution in [3.05, 3.63) is 23.5 Å². The predicted octanol–water partition coefficient (Wildman–Crippen LogP) is 1.31. The van der Waals surface area contributed by atoms with E-state index in [1.165, 1.54) is 6.92 Å². The SMILES string of the molecule is CC(=O)O[C@@H]1CCn2ccc(C=O)c21. The van der Waals surface area contributed by atoms with Gasteiger partial charge in [-0.3, -0.25) is 9.59 Å². The molecule has 0 saturated carbocycles. The molecule has 2 heterocycles. The van der Waals surface area contributed by atoms with Crippen LogP contribution in [0.25, 0.3) is 0 Å². The van der Waals surface area contributed by atoms with E-state index in [-0.39, 0.29) is 12.1 Å². The molecule has 0 bridgehead atoms. The van der Waals surface area contributed by atoms with Gasteiger partial charge < -0.3 is 9.30 Å². The minimum absolute atomic E-state index is 0.248. The summed E-state index contributed by atoms with van der Waals surface area (Å²) in [6.07, 6.45) is 3.16. The van der Waals surface area contributed by atoms with Crippen LogP contribution in [0.2, 0.25) is 0 Å². The second-order valence-corrected chi connectivity index (χ2v) is 3.35. The van der Waals surface area contributed by atoms with Gasteiger partial charge in [-0.15, -0.1) is 0 Å². The summed E-state index contributed by atoms with van der Waals surface area (Å²) in [5, 5.41) is 0. The van der Waals surface area contributed by atoms with Crippen LogP contribution in [0.5, 0.6) is 0 Å². The molecule has 1 aromatic rings. The number of aromatic nitrogens is 1. The summed E-state index contributed by atoms with van der Waals surface area (Å²) in [5.74, 6) is -0.304. The van der Waals surface area contributed by atoms with E-state index in [9.17, 15) is 9.59 Å². The number of ether oxygens (including phenoxy) is 1. The van der Waals surface area contributed by atoms with Crippen LogP contribution in [-0.2, 0) is 16.1 Å². The van der Waals surface area contributed by atoms with Crippen molar-refractivity contribution in [1.82, 2.24) is 4.57 Å². The maximum Gasteiger partial charge on any atom is 0.303 e. The van der Waals surface area contributed by atoms with E-state index in [2.05, 4.69) is 0 Å². The van der Waals surface area contributed by atoms with Gasteiger partial charge in [0.2, 0.25) is 0 Å². The summed E-state index contributed by atoms with van der Waals surface area (Å²) in [4.78, 5) is 21.5. The molecule has 0 radical (unpaired) electrons. The zero-order valence-electron chi connectivity index (χ0n) is 7.90. The van der Waals surface area contributed by atoms with E-state index >= 15 is 0 Å². The van der Waals surface area contributed by atoms with E-state index in [1.807, 2.05) is 10.8 Å². The quantitative estimate of drug-likeness (QED) is 0.525. The number of carbonyl (C=O) groups excluding carboxylic acids is 2. The molecule has 1 aliphatic heterocycles. The molecule has 0 unspecified atom stereocenters. The fourth-order valence-electron chi connectivity index (χ4n) is 1.88. The van der Waals surface area contributed by atoms with Crippen molar-refractivity contribution >= 4 is 12.3 Å². The molecule has 14 heavy (non-hydrogen) atoms. The maximum atomic E-state index is 10.8. The Morgan fingerprint density at radius 1 is 1.71 bits per heavy atom. The van der Waals surface area contributed by atoms with Gasteiger partial charge in [-0.2, -0.15) is 0 Å². The van der Waals surface area contributed by atoms with Crippen LogP contribution in [0.4, 0.5) is 0 Å². The fourth-order valence-corrected chi connectivity index (χ4v) is 1.88. The molecular formula is C10H11NO3. The molecule has 74 valence electrons. The van der Waals surface area contributed by atoms with Gasteiger partial charge in [-0.05, 0) is 6.07 Å². The van der Waals surface area contributed by atoms with Crippen LogP contribution in [-0.4, -0.2) is 16.8 Å². The Hall–Kier alpha value is -1.58. The van der Waals surface area contributed by atoms with Crippen LogP contribution >= 0.6 is 0 Å². The van der Waals surface area contributed by atoms with Gasteiger partial charge in [0.1, 0.15) is 6.10 Å². The molecule has 0 spiro atoms. The first-order chi connectivity index (χ1) is 6.72. The van der Waals surface area contributed by atoms with Gasteiger partial charge in [-0.25, -0.2) is 0 Å². The van der Waals surface area contributed by atoms with Crippen molar-refractivity contribution in [2.75, 3.05) is 0 Å². The molecular weight excluding hydrogens is 182 g/mol. The van der Waals surface area contributed by atoms with Crippen molar-refractivity contribution in [1.29, 1.82) is 0 Å². The summed E-state index contributed by atoms with van der Waals surface area (Å²) in [7, 11) is 0. The molecule has 0 saturated heterocycles. The molecule has 4 nitrogen and oxygen atoms in total. The Morgan fingerprint density at radius 3 is 3.14 bits per heavy atom. The maximum absolute atomic E-state index is 10.8. The lowest BCUT2D eigenvalue weighted by Crippen LogP contribution is -2.06. The Balaban J connectivity index is 2.31. The highest BCUT2D eigenvalue weighted by atomic mass is 16.5. The summed E-state index contributed by atoms with van der Waals surface area (Å²) >= 11 is 0. The number of nitrogens with zero attached hydrogens (tertiary/aromatic N) is 1. The van der Waals surface area contributed by atoms with Crippen molar-refractivity contribution in [2.24, 2.45) is 0 Å². The second-order valence-electron chi connectivity index (χ2n) is 3.35. The monoisotopic (exact) mass is 193 g/mol. The minimum atomic E-state index is -0.304. The number of esters is 1. The third-order valence-corrected chi connectivity index (χ3v) is 2.41. The van der Waals surface area contributed by atoms with Crippen molar-refractivity contribution in [3.8, 4) is 0 Å². The molecule has 4 heteroatoms. The first kappa shape index (κ1) is 8.99. The normalized spacial score (nSPS) is 19.1. The summed E-state index contributed by atoms with van der Waals surface area (Å²) < 4.78 is 7.08. The molecule has 1 aliphatic rings. The Morgan fingerprint density at radius 2 is 2.50 bits per heavy atom. The van der Waals surface area contributed by atoms with Crippen LogP contribution < -0.4 is 0 Å². The van der Waals surface area contributed by atoms with Gasteiger partial charge in [-0.1, -0.05) is 0 Å². The van der Waals surface area contributed by atoms with Gasteiger partial charge in [0, 0.05) is 31.6 Å². The van der Waals surface area contributed by atoms with Gasteiger partial charge >= 0.3 is 5.97 Å². The van der Waals surface area contributed by atoms with Crippen molar-refractivity contribution in [3.63, 3.8) is 0 Å². The Bertz CT molecular complexity index is 381. The summed E-state index contributed by atoms with van der Waals surface area (Å²) in [5.41, 5.74) is 1.45.